The van der Waals surface area contributed by atoms with Crippen molar-refractivity contribution < 1.29 is 19.0 Å². The van der Waals surface area contributed by atoms with E-state index in [1.54, 1.807) is 21.3 Å². The van der Waals surface area contributed by atoms with Gasteiger partial charge < -0.3 is 19.5 Å². The van der Waals surface area contributed by atoms with E-state index >= 15 is 0 Å². The molecule has 0 bridgehead atoms. The molecule has 1 aliphatic heterocycles. The molecule has 6 heteroatoms. The van der Waals surface area contributed by atoms with Gasteiger partial charge in [-0.3, -0.25) is 4.79 Å². The molecule has 0 radical (unpaired) electrons. The Balaban J connectivity index is 1.95. The van der Waals surface area contributed by atoms with Gasteiger partial charge in [0.05, 0.1) is 27.0 Å². The minimum Gasteiger partial charge on any atom is -0.493 e. The van der Waals surface area contributed by atoms with E-state index in [0.29, 0.717) is 23.7 Å². The predicted octanol–water partition coefficient (Wildman–Crippen LogP) is 5.10. The van der Waals surface area contributed by atoms with Gasteiger partial charge in [-0.1, -0.05) is 40.2 Å². The van der Waals surface area contributed by atoms with Crippen LogP contribution in [-0.4, -0.2) is 27.2 Å². The van der Waals surface area contributed by atoms with Gasteiger partial charge in [-0.15, -0.1) is 0 Å². The number of amides is 1. The number of hydrogen-bond donors (Lipinski definition) is 1. The second-order valence-corrected chi connectivity index (χ2v) is 7.49. The molecule has 3 aromatic carbocycles. The van der Waals surface area contributed by atoms with E-state index in [-0.39, 0.29) is 11.8 Å². The van der Waals surface area contributed by atoms with Gasteiger partial charge >= 0.3 is 0 Å². The van der Waals surface area contributed by atoms with E-state index in [0.717, 1.165) is 32.1 Å². The first-order valence-electron chi connectivity index (χ1n) is 8.88. The van der Waals surface area contributed by atoms with Crippen molar-refractivity contribution in [2.45, 2.75) is 12.3 Å². The van der Waals surface area contributed by atoms with Crippen LogP contribution >= 0.6 is 15.9 Å². The van der Waals surface area contributed by atoms with E-state index in [2.05, 4.69) is 27.3 Å². The zero-order valence-electron chi connectivity index (χ0n) is 15.8. The van der Waals surface area contributed by atoms with Crippen LogP contribution in [0.3, 0.4) is 0 Å². The normalized spacial score (nSPS) is 15.7. The molecule has 3 aromatic rings. The van der Waals surface area contributed by atoms with Crippen LogP contribution in [0.1, 0.15) is 23.5 Å². The number of benzene rings is 3. The molecule has 0 fully saturated rings. The summed E-state index contributed by atoms with van der Waals surface area (Å²) in [6, 6.07) is 13.9. The predicted molar refractivity (Wildman–Crippen MR) is 113 cm³/mol. The summed E-state index contributed by atoms with van der Waals surface area (Å²) < 4.78 is 17.4. The number of ether oxygens (including phenoxy) is 3. The largest absolute Gasteiger partial charge is 0.493 e. The molecule has 0 spiro atoms. The number of rotatable bonds is 4. The first-order chi connectivity index (χ1) is 13.6. The molecule has 144 valence electrons. The third-order valence-corrected chi connectivity index (χ3v) is 5.80. The van der Waals surface area contributed by atoms with E-state index in [9.17, 15) is 4.79 Å². The highest BCUT2D eigenvalue weighted by atomic mass is 79.9. The van der Waals surface area contributed by atoms with Crippen LogP contribution in [0.5, 0.6) is 17.2 Å². The van der Waals surface area contributed by atoms with Crippen molar-refractivity contribution in [3.63, 3.8) is 0 Å². The highest BCUT2D eigenvalue weighted by molar-refractivity contribution is 9.10. The molecule has 0 aromatic heterocycles. The van der Waals surface area contributed by atoms with Crippen LogP contribution in [0.4, 0.5) is 5.69 Å². The third-order valence-electron chi connectivity index (χ3n) is 5.14. The number of fused-ring (bicyclic) bond motifs is 3. The highest BCUT2D eigenvalue weighted by Gasteiger charge is 2.30. The van der Waals surface area contributed by atoms with Crippen molar-refractivity contribution in [3.05, 3.63) is 58.1 Å². The van der Waals surface area contributed by atoms with Gasteiger partial charge in [0.15, 0.2) is 11.5 Å². The quantitative estimate of drug-likeness (QED) is 0.611. The standard InChI is InChI=1S/C22H20BrNO4/c1-26-18-8-12(9-19(27-2)22(18)28-3)15-11-20(25)24-21-14-7-5-4-6-13(14)17(23)10-16(15)21/h4-10,15H,11H2,1-3H3,(H,24,25)/t15-/m1/s1. The van der Waals surface area contributed by atoms with Crippen LogP contribution in [-0.2, 0) is 4.79 Å². The minimum atomic E-state index is -0.127. The Kier molecular flexibility index (Phi) is 4.89. The molecule has 0 aliphatic carbocycles. The maximum atomic E-state index is 12.6. The second-order valence-electron chi connectivity index (χ2n) is 6.63. The Morgan fingerprint density at radius 2 is 1.61 bits per heavy atom. The average Bonchev–Trinajstić information content (AvgIpc) is 2.73. The summed E-state index contributed by atoms with van der Waals surface area (Å²) in [7, 11) is 4.76. The third kappa shape index (κ3) is 2.98. The molecule has 0 unspecified atom stereocenters. The van der Waals surface area contributed by atoms with Crippen LogP contribution in [0, 0.1) is 0 Å². The Morgan fingerprint density at radius 1 is 0.964 bits per heavy atom. The average molecular weight is 442 g/mol. The maximum Gasteiger partial charge on any atom is 0.225 e. The first kappa shape index (κ1) is 18.6. The van der Waals surface area contributed by atoms with Gasteiger partial charge in [-0.05, 0) is 34.7 Å². The SMILES string of the molecule is COc1cc([C@H]2CC(=O)Nc3c2cc(Br)c2ccccc32)cc(OC)c1OC. The van der Waals surface area contributed by atoms with Crippen LogP contribution in [0.15, 0.2) is 46.9 Å². The lowest BCUT2D eigenvalue weighted by atomic mass is 9.83. The fourth-order valence-electron chi connectivity index (χ4n) is 3.85. The monoisotopic (exact) mass is 441 g/mol. The van der Waals surface area contributed by atoms with Crippen LogP contribution < -0.4 is 19.5 Å². The smallest absolute Gasteiger partial charge is 0.225 e. The summed E-state index contributed by atoms with van der Waals surface area (Å²) in [5.74, 6) is 1.54. The van der Waals surface area contributed by atoms with Gasteiger partial charge in [0.1, 0.15) is 0 Å². The lowest BCUT2D eigenvalue weighted by Gasteiger charge is -2.28. The number of hydrogen-bond acceptors (Lipinski definition) is 4. The number of anilines is 1. The number of methoxy groups -OCH3 is 3. The van der Waals surface area contributed by atoms with Crippen LogP contribution in [0.25, 0.3) is 10.8 Å². The van der Waals surface area contributed by atoms with Crippen LogP contribution in [0.2, 0.25) is 0 Å². The van der Waals surface area contributed by atoms with E-state index in [4.69, 9.17) is 14.2 Å². The Morgan fingerprint density at radius 3 is 2.21 bits per heavy atom. The summed E-state index contributed by atoms with van der Waals surface area (Å²) in [5, 5.41) is 5.14. The van der Waals surface area contributed by atoms with Crippen molar-refractivity contribution in [3.8, 4) is 17.2 Å². The lowest BCUT2D eigenvalue weighted by Crippen LogP contribution is -2.24. The topological polar surface area (TPSA) is 56.8 Å². The van der Waals surface area contributed by atoms with Gasteiger partial charge in [0.2, 0.25) is 11.7 Å². The Bertz CT molecular complexity index is 1050. The molecule has 1 N–H and O–H groups in total. The minimum absolute atomic E-state index is 0.0151. The second kappa shape index (κ2) is 7.36. The number of carbonyl (C=O) groups is 1. The molecule has 4 rings (SSSR count). The van der Waals surface area contributed by atoms with Gasteiger partial charge in [-0.2, -0.15) is 0 Å². The van der Waals surface area contributed by atoms with Crippen molar-refractivity contribution in [1.29, 1.82) is 0 Å². The molecular weight excluding hydrogens is 422 g/mol. The molecule has 5 nitrogen and oxygen atoms in total. The number of nitrogens with one attached hydrogen (secondary N) is 1. The molecule has 1 aliphatic rings. The number of halogens is 1. The molecule has 0 saturated carbocycles. The highest BCUT2D eigenvalue weighted by Crippen LogP contribution is 2.47. The van der Waals surface area contributed by atoms with Gasteiger partial charge in [0.25, 0.3) is 0 Å². The van der Waals surface area contributed by atoms with Gasteiger partial charge in [0, 0.05) is 22.2 Å². The molecule has 1 amide bonds. The summed E-state index contributed by atoms with van der Waals surface area (Å²) in [6.07, 6.45) is 0.344. The van der Waals surface area contributed by atoms with E-state index < -0.39 is 0 Å². The Labute approximate surface area is 171 Å². The summed E-state index contributed by atoms with van der Waals surface area (Å²) in [6.45, 7) is 0. The molecule has 1 atom stereocenters. The lowest BCUT2D eigenvalue weighted by molar-refractivity contribution is -0.116. The van der Waals surface area contributed by atoms with E-state index in [1.807, 2.05) is 36.4 Å². The molecule has 0 saturated heterocycles. The zero-order valence-corrected chi connectivity index (χ0v) is 17.4. The van der Waals surface area contributed by atoms with Crippen molar-refractivity contribution in [2.24, 2.45) is 0 Å². The fraction of sp³-hybridized carbons (Fsp3) is 0.227. The van der Waals surface area contributed by atoms with E-state index in [1.165, 1.54) is 0 Å². The summed E-state index contributed by atoms with van der Waals surface area (Å²) in [4.78, 5) is 12.6. The molecule has 28 heavy (non-hydrogen) atoms. The first-order valence-corrected chi connectivity index (χ1v) is 9.67. The van der Waals surface area contributed by atoms with Crippen molar-refractivity contribution >= 4 is 38.3 Å². The summed E-state index contributed by atoms with van der Waals surface area (Å²) >= 11 is 3.69. The van der Waals surface area contributed by atoms with Gasteiger partial charge in [-0.25, -0.2) is 0 Å². The number of carbonyl (C=O) groups excluding carboxylic acids is 1. The Hall–Kier alpha value is -2.73. The van der Waals surface area contributed by atoms with Crippen molar-refractivity contribution in [2.75, 3.05) is 26.6 Å². The fourth-order valence-corrected chi connectivity index (χ4v) is 4.44. The maximum absolute atomic E-state index is 12.6. The van der Waals surface area contributed by atoms with Crippen molar-refractivity contribution in [1.82, 2.24) is 0 Å². The summed E-state index contributed by atoms with van der Waals surface area (Å²) in [5.41, 5.74) is 2.85. The zero-order chi connectivity index (χ0) is 19.8. The molecular formula is C22H20BrNO4. The molecule has 1 heterocycles.